The molecule has 0 aliphatic carbocycles. The lowest BCUT2D eigenvalue weighted by molar-refractivity contribution is 0.139. The van der Waals surface area contributed by atoms with Crippen molar-refractivity contribution in [2.75, 3.05) is 32.8 Å². The largest absolute Gasteiger partial charge is 0.507 e. The molecule has 1 atom stereocenters. The first-order chi connectivity index (χ1) is 8.74. The molecule has 1 fully saturated rings. The van der Waals surface area contributed by atoms with Gasteiger partial charge in [-0.2, -0.15) is 0 Å². The maximum absolute atomic E-state index is 10.2. The molecule has 0 bridgehead atoms. The molecule has 2 rings (SSSR count). The second kappa shape index (κ2) is 7.70. The number of phenolic OH excluding ortho intramolecular Hbond substituents is 1. The molecule has 4 nitrogen and oxygen atoms in total. The Morgan fingerprint density at radius 2 is 2.00 bits per heavy atom. The highest BCUT2D eigenvalue weighted by molar-refractivity contribution is 5.85. The Balaban J connectivity index is 0.00000180. The highest BCUT2D eigenvalue weighted by Crippen LogP contribution is 2.33. The van der Waals surface area contributed by atoms with Crippen molar-refractivity contribution >= 4 is 12.4 Å². The minimum absolute atomic E-state index is 0. The van der Waals surface area contributed by atoms with Crippen LogP contribution < -0.4 is 5.32 Å². The number of rotatable bonds is 4. The lowest BCUT2D eigenvalue weighted by Gasteiger charge is -2.35. The number of aliphatic hydroxyl groups is 1. The number of nitrogens with one attached hydrogen (secondary N) is 1. The van der Waals surface area contributed by atoms with Crippen molar-refractivity contribution < 1.29 is 10.2 Å². The zero-order valence-corrected chi connectivity index (χ0v) is 12.1. The first-order valence-electron chi connectivity index (χ1n) is 6.58. The van der Waals surface area contributed by atoms with Gasteiger partial charge in [-0.3, -0.25) is 4.90 Å². The standard InChI is InChI=1S/C14H22N2O2.ClH/c1-11-3-2-4-12(14(11)18)13(5-10-17)16-8-6-15-7-9-16;/h2-4,13,15,17-18H,5-10H2,1H3;1H/t13-;/m0./s1. The van der Waals surface area contributed by atoms with Crippen molar-refractivity contribution in [2.24, 2.45) is 0 Å². The van der Waals surface area contributed by atoms with Crippen LogP contribution in [0.3, 0.4) is 0 Å². The van der Waals surface area contributed by atoms with Crippen LogP contribution in [0.4, 0.5) is 0 Å². The van der Waals surface area contributed by atoms with Crippen LogP contribution in [0, 0.1) is 6.92 Å². The van der Waals surface area contributed by atoms with E-state index >= 15 is 0 Å². The average Bonchev–Trinajstić information content (AvgIpc) is 2.41. The smallest absolute Gasteiger partial charge is 0.123 e. The molecule has 1 aliphatic heterocycles. The van der Waals surface area contributed by atoms with Gasteiger partial charge in [-0.05, 0) is 18.9 Å². The van der Waals surface area contributed by atoms with Crippen molar-refractivity contribution in [1.82, 2.24) is 10.2 Å². The third-order valence-corrected chi connectivity index (χ3v) is 3.62. The van der Waals surface area contributed by atoms with E-state index in [1.165, 1.54) is 0 Å². The van der Waals surface area contributed by atoms with Gasteiger partial charge >= 0.3 is 0 Å². The van der Waals surface area contributed by atoms with Gasteiger partial charge in [-0.1, -0.05) is 18.2 Å². The Morgan fingerprint density at radius 1 is 1.32 bits per heavy atom. The number of hydrogen-bond donors (Lipinski definition) is 3. The molecule has 0 unspecified atom stereocenters. The highest BCUT2D eigenvalue weighted by atomic mass is 35.5. The molecule has 0 radical (unpaired) electrons. The van der Waals surface area contributed by atoms with Gasteiger partial charge in [0.2, 0.25) is 0 Å². The number of benzene rings is 1. The van der Waals surface area contributed by atoms with Crippen molar-refractivity contribution in [2.45, 2.75) is 19.4 Å². The number of aliphatic hydroxyl groups excluding tert-OH is 1. The van der Waals surface area contributed by atoms with E-state index < -0.39 is 0 Å². The van der Waals surface area contributed by atoms with E-state index in [-0.39, 0.29) is 25.1 Å². The van der Waals surface area contributed by atoms with Gasteiger partial charge in [0, 0.05) is 44.4 Å². The third kappa shape index (κ3) is 3.83. The lowest BCUT2D eigenvalue weighted by Crippen LogP contribution is -2.45. The van der Waals surface area contributed by atoms with E-state index in [1.54, 1.807) is 0 Å². The van der Waals surface area contributed by atoms with Gasteiger partial charge in [0.15, 0.2) is 0 Å². The topological polar surface area (TPSA) is 55.7 Å². The fraction of sp³-hybridized carbons (Fsp3) is 0.571. The number of phenols is 1. The quantitative estimate of drug-likeness (QED) is 0.784. The molecule has 1 aromatic rings. The first kappa shape index (κ1) is 16.2. The number of halogens is 1. The summed E-state index contributed by atoms with van der Waals surface area (Å²) in [5.41, 5.74) is 1.83. The van der Waals surface area contributed by atoms with E-state index in [0.29, 0.717) is 12.2 Å². The minimum Gasteiger partial charge on any atom is -0.507 e. The van der Waals surface area contributed by atoms with Crippen molar-refractivity contribution in [3.8, 4) is 5.75 Å². The molecule has 0 aromatic heterocycles. The molecule has 108 valence electrons. The summed E-state index contributed by atoms with van der Waals surface area (Å²) in [4.78, 5) is 2.33. The van der Waals surface area contributed by atoms with Gasteiger partial charge in [0.05, 0.1) is 0 Å². The number of aryl methyl sites for hydroxylation is 1. The molecule has 5 heteroatoms. The van der Waals surface area contributed by atoms with Crippen LogP contribution >= 0.6 is 12.4 Å². The molecule has 0 spiro atoms. The zero-order chi connectivity index (χ0) is 13.0. The fourth-order valence-electron chi connectivity index (χ4n) is 2.60. The number of piperazine rings is 1. The monoisotopic (exact) mass is 286 g/mol. The first-order valence-corrected chi connectivity index (χ1v) is 6.58. The number of hydrogen-bond acceptors (Lipinski definition) is 4. The Morgan fingerprint density at radius 3 is 2.63 bits per heavy atom. The van der Waals surface area contributed by atoms with Crippen LogP contribution in [0.15, 0.2) is 18.2 Å². The SMILES string of the molecule is Cc1cccc([C@H](CCO)N2CCNCC2)c1O.Cl. The number of nitrogens with zero attached hydrogens (tertiary/aromatic N) is 1. The summed E-state index contributed by atoms with van der Waals surface area (Å²) in [6, 6.07) is 5.95. The van der Waals surface area contributed by atoms with Crippen LogP contribution in [-0.4, -0.2) is 47.9 Å². The van der Waals surface area contributed by atoms with Gasteiger partial charge in [0.25, 0.3) is 0 Å². The Kier molecular flexibility index (Phi) is 6.58. The van der Waals surface area contributed by atoms with E-state index in [1.807, 2.05) is 25.1 Å². The summed E-state index contributed by atoms with van der Waals surface area (Å²) in [6.07, 6.45) is 0.664. The van der Waals surface area contributed by atoms with Crippen molar-refractivity contribution in [3.05, 3.63) is 29.3 Å². The van der Waals surface area contributed by atoms with Crippen molar-refractivity contribution in [1.29, 1.82) is 0 Å². The molecule has 3 N–H and O–H groups in total. The van der Waals surface area contributed by atoms with E-state index in [9.17, 15) is 10.2 Å². The highest BCUT2D eigenvalue weighted by Gasteiger charge is 2.24. The van der Waals surface area contributed by atoms with Gasteiger partial charge in [-0.25, -0.2) is 0 Å². The Hall–Kier alpha value is -0.810. The van der Waals surface area contributed by atoms with Crippen LogP contribution in [-0.2, 0) is 0 Å². The molecular weight excluding hydrogens is 264 g/mol. The Labute approximate surface area is 120 Å². The van der Waals surface area contributed by atoms with Gasteiger partial charge in [0.1, 0.15) is 5.75 Å². The second-order valence-corrected chi connectivity index (χ2v) is 4.83. The van der Waals surface area contributed by atoms with Gasteiger partial charge in [-0.15, -0.1) is 12.4 Å². The molecular formula is C14H23ClN2O2. The van der Waals surface area contributed by atoms with E-state index in [0.717, 1.165) is 37.3 Å². The molecule has 19 heavy (non-hydrogen) atoms. The summed E-state index contributed by atoms with van der Waals surface area (Å²) >= 11 is 0. The predicted molar refractivity (Wildman–Crippen MR) is 79.0 cm³/mol. The molecule has 1 aliphatic rings. The van der Waals surface area contributed by atoms with Crippen LogP contribution in [0.2, 0.25) is 0 Å². The van der Waals surface area contributed by atoms with E-state index in [4.69, 9.17) is 0 Å². The maximum atomic E-state index is 10.2. The third-order valence-electron chi connectivity index (χ3n) is 3.62. The normalized spacial score (nSPS) is 17.8. The van der Waals surface area contributed by atoms with Crippen molar-refractivity contribution in [3.63, 3.8) is 0 Å². The molecule has 1 heterocycles. The summed E-state index contributed by atoms with van der Waals surface area (Å²) in [5, 5.41) is 22.8. The van der Waals surface area contributed by atoms with Crippen LogP contribution in [0.25, 0.3) is 0 Å². The molecule has 1 saturated heterocycles. The molecule has 0 amide bonds. The number of aromatic hydroxyl groups is 1. The minimum atomic E-state index is 0. The zero-order valence-electron chi connectivity index (χ0n) is 11.3. The second-order valence-electron chi connectivity index (χ2n) is 4.83. The summed E-state index contributed by atoms with van der Waals surface area (Å²) < 4.78 is 0. The van der Waals surface area contributed by atoms with Crippen LogP contribution in [0.1, 0.15) is 23.6 Å². The van der Waals surface area contributed by atoms with Crippen LogP contribution in [0.5, 0.6) is 5.75 Å². The fourth-order valence-corrected chi connectivity index (χ4v) is 2.60. The predicted octanol–water partition coefficient (Wildman–Crippen LogP) is 1.45. The average molecular weight is 287 g/mol. The summed E-state index contributed by atoms with van der Waals surface area (Å²) in [5.74, 6) is 0.370. The molecule has 0 saturated carbocycles. The Bertz CT molecular complexity index is 395. The summed E-state index contributed by atoms with van der Waals surface area (Å²) in [7, 11) is 0. The molecule has 1 aromatic carbocycles. The van der Waals surface area contributed by atoms with E-state index in [2.05, 4.69) is 10.2 Å². The lowest BCUT2D eigenvalue weighted by atomic mass is 9.98. The maximum Gasteiger partial charge on any atom is 0.123 e. The van der Waals surface area contributed by atoms with Gasteiger partial charge < -0.3 is 15.5 Å². The number of para-hydroxylation sites is 1. The summed E-state index contributed by atoms with van der Waals surface area (Å²) in [6.45, 7) is 5.90.